The summed E-state index contributed by atoms with van der Waals surface area (Å²) in [6.07, 6.45) is -6.41. The molecule has 1 aliphatic heterocycles. The van der Waals surface area contributed by atoms with Crippen LogP contribution in [0.2, 0.25) is 0 Å². The number of guanidine groups is 1. The van der Waals surface area contributed by atoms with Gasteiger partial charge in [0.15, 0.2) is 0 Å². The van der Waals surface area contributed by atoms with Crippen LogP contribution in [0.5, 0.6) is 0 Å². The Balaban J connectivity index is 1.56. The Morgan fingerprint density at radius 2 is 1.61 bits per heavy atom. The van der Waals surface area contributed by atoms with E-state index >= 15 is 0 Å². The van der Waals surface area contributed by atoms with Crippen molar-refractivity contribution in [3.63, 3.8) is 0 Å². The minimum absolute atomic E-state index is 0.132. The lowest BCUT2D eigenvalue weighted by atomic mass is 9.85. The van der Waals surface area contributed by atoms with Gasteiger partial charge in [0.2, 0.25) is 5.96 Å². The van der Waals surface area contributed by atoms with Crippen LogP contribution < -0.4 is 15.9 Å². The average molecular weight is 580 g/mol. The molecule has 0 unspecified atom stereocenters. The first-order chi connectivity index (χ1) is 19.4. The molecule has 13 heteroatoms. The molecule has 0 radical (unpaired) electrons. The standard InChI is InChI=1S/C28H31F6N7/c1-3-40(15-18-7-6-8-18)25-21(13-20-9-4-5-10-24(20)35-25)17-41(26-36-38-39(2)37-26)16-19-11-22(27(29,30)31)14-23(12-19)28(32,33)34/h4-5,9-14,18,38H,3,6-8,15-17H2,1-2H3,(H,36,37). The maximum absolute atomic E-state index is 13.6. The molecular weight excluding hydrogens is 548 g/mol. The molecule has 2 heterocycles. The Morgan fingerprint density at radius 1 is 0.927 bits per heavy atom. The first-order valence-electron chi connectivity index (χ1n) is 13.4. The number of nitrogens with one attached hydrogen (secondary N) is 2. The summed E-state index contributed by atoms with van der Waals surface area (Å²) in [7, 11) is 1.62. The van der Waals surface area contributed by atoms with Crippen molar-refractivity contribution in [1.29, 1.82) is 0 Å². The van der Waals surface area contributed by atoms with Crippen molar-refractivity contribution < 1.29 is 26.3 Å². The highest BCUT2D eigenvalue weighted by Gasteiger charge is 2.37. The molecule has 0 amide bonds. The molecule has 2 aliphatic rings. The number of halogens is 6. The van der Waals surface area contributed by atoms with E-state index in [2.05, 4.69) is 21.0 Å². The van der Waals surface area contributed by atoms with Crippen LogP contribution in [0, 0.1) is 5.92 Å². The summed E-state index contributed by atoms with van der Waals surface area (Å²) < 4.78 is 81.6. The van der Waals surface area contributed by atoms with E-state index in [1.54, 1.807) is 11.9 Å². The van der Waals surface area contributed by atoms with Gasteiger partial charge < -0.3 is 9.80 Å². The van der Waals surface area contributed by atoms with Crippen molar-refractivity contribution in [2.75, 3.05) is 25.0 Å². The second kappa shape index (κ2) is 11.3. The number of nitrogens with zero attached hydrogens (tertiary/aromatic N) is 5. The molecule has 1 aliphatic carbocycles. The second-order valence-corrected chi connectivity index (χ2v) is 10.5. The minimum Gasteiger partial charge on any atom is -0.356 e. The van der Waals surface area contributed by atoms with Crippen molar-refractivity contribution in [3.05, 3.63) is 70.8 Å². The third-order valence-corrected chi connectivity index (χ3v) is 7.42. The predicted molar refractivity (Wildman–Crippen MR) is 144 cm³/mol. The van der Waals surface area contributed by atoms with E-state index in [0.29, 0.717) is 12.5 Å². The molecule has 3 aromatic rings. The van der Waals surface area contributed by atoms with Gasteiger partial charge in [0.25, 0.3) is 0 Å². The van der Waals surface area contributed by atoms with Gasteiger partial charge in [-0.2, -0.15) is 26.3 Å². The highest BCUT2D eigenvalue weighted by molar-refractivity contribution is 5.83. The summed E-state index contributed by atoms with van der Waals surface area (Å²) in [5.74, 6) is 1.54. The molecule has 2 N–H and O–H groups in total. The van der Waals surface area contributed by atoms with Crippen LogP contribution in [0.4, 0.5) is 32.2 Å². The van der Waals surface area contributed by atoms with Gasteiger partial charge in [0.1, 0.15) is 5.82 Å². The normalized spacial score (nSPS) is 16.0. The third kappa shape index (κ3) is 6.61. The number of alkyl halides is 6. The lowest BCUT2D eigenvalue weighted by molar-refractivity contribution is -0.143. The molecule has 1 saturated carbocycles. The van der Waals surface area contributed by atoms with Gasteiger partial charge in [-0.15, -0.1) is 10.6 Å². The number of pyridine rings is 1. The first kappa shape index (κ1) is 28.8. The van der Waals surface area contributed by atoms with Crippen LogP contribution in [0.15, 0.2) is 53.6 Å². The zero-order valence-electron chi connectivity index (χ0n) is 22.6. The Kier molecular flexibility index (Phi) is 7.91. The van der Waals surface area contributed by atoms with Gasteiger partial charge in [-0.05, 0) is 61.6 Å². The number of aromatic nitrogens is 1. The maximum atomic E-state index is 13.6. The Labute approximate surface area is 233 Å². The zero-order valence-corrected chi connectivity index (χ0v) is 22.6. The third-order valence-electron chi connectivity index (χ3n) is 7.42. The summed E-state index contributed by atoms with van der Waals surface area (Å²) in [4.78, 5) is 8.78. The van der Waals surface area contributed by atoms with Gasteiger partial charge in [-0.1, -0.05) is 24.6 Å². The molecule has 41 heavy (non-hydrogen) atoms. The van der Waals surface area contributed by atoms with Gasteiger partial charge >= 0.3 is 12.4 Å². The van der Waals surface area contributed by atoms with Crippen LogP contribution in [0.25, 0.3) is 10.9 Å². The summed E-state index contributed by atoms with van der Waals surface area (Å²) in [6, 6.07) is 11.3. The molecule has 0 bridgehead atoms. The van der Waals surface area contributed by atoms with Crippen LogP contribution >= 0.6 is 0 Å². The second-order valence-electron chi connectivity index (χ2n) is 10.5. The number of hydrogen-bond acceptors (Lipinski definition) is 7. The van der Waals surface area contributed by atoms with E-state index in [-0.39, 0.29) is 30.7 Å². The minimum atomic E-state index is -4.94. The summed E-state index contributed by atoms with van der Waals surface area (Å²) in [6.45, 7) is 3.42. The van der Waals surface area contributed by atoms with Crippen LogP contribution in [0.1, 0.15) is 48.4 Å². The molecule has 5 rings (SSSR count). The van der Waals surface area contributed by atoms with Crippen molar-refractivity contribution in [1.82, 2.24) is 26.0 Å². The molecule has 0 saturated heterocycles. The number of rotatable bonds is 8. The van der Waals surface area contributed by atoms with E-state index in [0.717, 1.165) is 53.8 Å². The number of hydrogen-bond donors (Lipinski definition) is 2. The lowest BCUT2D eigenvalue weighted by Gasteiger charge is -2.34. The first-order valence-corrected chi connectivity index (χ1v) is 13.4. The Morgan fingerprint density at radius 3 is 2.17 bits per heavy atom. The summed E-state index contributed by atoms with van der Waals surface area (Å²) in [5, 5.41) is 6.57. The Bertz CT molecular complexity index is 1390. The Hall–Kier alpha value is -3.74. The molecule has 220 valence electrons. The number of fused-ring (bicyclic) bond motifs is 1. The van der Waals surface area contributed by atoms with E-state index in [1.165, 1.54) is 11.5 Å². The topological polar surface area (TPSA) is 59.0 Å². The SMILES string of the molecule is CCN(CC1CCC1)c1nc2ccccc2cc1CN(Cc1cc(C(F)(F)F)cc(C(F)(F)F)c1)C1=NN(C)NN1. The number of hydrazine groups is 2. The molecule has 2 aromatic carbocycles. The van der Waals surface area contributed by atoms with Gasteiger partial charge in [-0.25, -0.2) is 10.1 Å². The van der Waals surface area contributed by atoms with E-state index in [4.69, 9.17) is 4.98 Å². The largest absolute Gasteiger partial charge is 0.416 e. The van der Waals surface area contributed by atoms with E-state index in [1.807, 2.05) is 37.3 Å². The maximum Gasteiger partial charge on any atom is 0.416 e. The number of anilines is 1. The van der Waals surface area contributed by atoms with Gasteiger partial charge in [-0.3, -0.25) is 5.43 Å². The highest BCUT2D eigenvalue weighted by Crippen LogP contribution is 2.37. The summed E-state index contributed by atoms with van der Waals surface area (Å²) >= 11 is 0. The van der Waals surface area contributed by atoms with Crippen molar-refractivity contribution in [3.8, 4) is 0 Å². The van der Waals surface area contributed by atoms with Crippen LogP contribution in [-0.2, 0) is 25.4 Å². The van der Waals surface area contributed by atoms with E-state index < -0.39 is 23.5 Å². The predicted octanol–water partition coefficient (Wildman–Crippen LogP) is 6.13. The molecular formula is C28H31F6N7. The molecule has 0 spiro atoms. The number of hydrazone groups is 1. The fourth-order valence-electron chi connectivity index (χ4n) is 5.10. The van der Waals surface area contributed by atoms with Crippen molar-refractivity contribution in [2.24, 2.45) is 11.0 Å². The average Bonchev–Trinajstić information content (AvgIpc) is 3.32. The van der Waals surface area contributed by atoms with Crippen molar-refractivity contribution >= 4 is 22.7 Å². The van der Waals surface area contributed by atoms with Crippen LogP contribution in [-0.4, -0.2) is 41.1 Å². The van der Waals surface area contributed by atoms with Crippen molar-refractivity contribution in [2.45, 2.75) is 51.6 Å². The number of benzene rings is 2. The molecule has 1 fully saturated rings. The lowest BCUT2D eigenvalue weighted by Crippen LogP contribution is -2.44. The smallest absolute Gasteiger partial charge is 0.356 e. The van der Waals surface area contributed by atoms with E-state index in [9.17, 15) is 26.3 Å². The highest BCUT2D eigenvalue weighted by atomic mass is 19.4. The molecule has 0 atom stereocenters. The fraction of sp³-hybridized carbons (Fsp3) is 0.429. The summed E-state index contributed by atoms with van der Waals surface area (Å²) in [5.41, 5.74) is 4.35. The molecule has 7 nitrogen and oxygen atoms in total. The molecule has 1 aromatic heterocycles. The monoisotopic (exact) mass is 579 g/mol. The fourth-order valence-corrected chi connectivity index (χ4v) is 5.10. The van der Waals surface area contributed by atoms with Gasteiger partial charge in [0.05, 0.1) is 16.6 Å². The van der Waals surface area contributed by atoms with Crippen LogP contribution in [0.3, 0.4) is 0 Å². The quantitative estimate of drug-likeness (QED) is 0.314. The van der Waals surface area contributed by atoms with Gasteiger partial charge in [0, 0.05) is 44.2 Å². The number of para-hydroxylation sites is 1. The zero-order chi connectivity index (χ0) is 29.4.